The van der Waals surface area contributed by atoms with Crippen molar-refractivity contribution in [2.24, 2.45) is 0 Å². The zero-order valence-electron chi connectivity index (χ0n) is 14.9. The van der Waals surface area contributed by atoms with Crippen molar-refractivity contribution in [3.63, 3.8) is 0 Å². The molecular weight excluding hydrogens is 316 g/mol. The smallest absolute Gasteiger partial charge is 0.410 e. The van der Waals surface area contributed by atoms with Crippen LogP contribution in [-0.2, 0) is 4.74 Å². The second kappa shape index (κ2) is 5.79. The van der Waals surface area contributed by atoms with Gasteiger partial charge in [-0.25, -0.2) is 4.79 Å². The van der Waals surface area contributed by atoms with Crippen LogP contribution in [0.25, 0.3) is 11.3 Å². The number of benzene rings is 1. The number of piperazine rings is 1. The SMILES string of the molecule is CC(C)(C)OC(=O)N1CC2CC1CN2c1cc(-c2ccccc2)[nH]n1. The lowest BCUT2D eigenvalue weighted by Crippen LogP contribution is -2.50. The van der Waals surface area contributed by atoms with Gasteiger partial charge in [0.15, 0.2) is 5.82 Å². The number of ether oxygens (including phenoxy) is 1. The molecular formula is C19H24N4O2. The molecule has 2 aromatic rings. The molecule has 2 atom stereocenters. The van der Waals surface area contributed by atoms with Crippen molar-refractivity contribution in [1.82, 2.24) is 15.1 Å². The summed E-state index contributed by atoms with van der Waals surface area (Å²) in [7, 11) is 0. The molecule has 132 valence electrons. The summed E-state index contributed by atoms with van der Waals surface area (Å²) in [5.74, 6) is 0.954. The minimum Gasteiger partial charge on any atom is -0.444 e. The number of hydrogen-bond acceptors (Lipinski definition) is 4. The predicted octanol–water partition coefficient (Wildman–Crippen LogP) is 3.27. The normalized spacial score (nSPS) is 22.5. The summed E-state index contributed by atoms with van der Waals surface area (Å²) in [5.41, 5.74) is 1.69. The third-order valence-electron chi connectivity index (χ3n) is 4.81. The Morgan fingerprint density at radius 1 is 1.20 bits per heavy atom. The van der Waals surface area contributed by atoms with Gasteiger partial charge in [0.05, 0.1) is 17.8 Å². The average molecular weight is 340 g/mol. The fourth-order valence-corrected chi connectivity index (χ4v) is 3.72. The van der Waals surface area contributed by atoms with Crippen LogP contribution in [0.3, 0.4) is 0 Å². The van der Waals surface area contributed by atoms with Gasteiger partial charge in [-0.05, 0) is 32.8 Å². The van der Waals surface area contributed by atoms with Gasteiger partial charge in [0, 0.05) is 19.2 Å². The lowest BCUT2D eigenvalue weighted by molar-refractivity contribution is 0.0214. The van der Waals surface area contributed by atoms with E-state index >= 15 is 0 Å². The molecule has 1 aromatic carbocycles. The van der Waals surface area contributed by atoms with Gasteiger partial charge >= 0.3 is 6.09 Å². The molecule has 3 heterocycles. The van der Waals surface area contributed by atoms with E-state index in [1.54, 1.807) is 0 Å². The molecule has 6 heteroatoms. The molecule has 2 aliphatic rings. The van der Waals surface area contributed by atoms with Gasteiger partial charge in [0.2, 0.25) is 0 Å². The topological polar surface area (TPSA) is 61.5 Å². The highest BCUT2D eigenvalue weighted by Gasteiger charge is 2.47. The van der Waals surface area contributed by atoms with Crippen LogP contribution in [0.1, 0.15) is 27.2 Å². The van der Waals surface area contributed by atoms with Crippen LogP contribution in [0.5, 0.6) is 0 Å². The molecule has 4 rings (SSSR count). The van der Waals surface area contributed by atoms with Crippen molar-refractivity contribution >= 4 is 11.9 Å². The third kappa shape index (κ3) is 3.08. The number of amides is 1. The summed E-state index contributed by atoms with van der Waals surface area (Å²) >= 11 is 0. The van der Waals surface area contributed by atoms with Crippen LogP contribution in [0.2, 0.25) is 0 Å². The van der Waals surface area contributed by atoms with Gasteiger partial charge in [0.1, 0.15) is 5.60 Å². The molecule has 1 amide bonds. The van der Waals surface area contributed by atoms with Crippen LogP contribution in [0.15, 0.2) is 36.4 Å². The summed E-state index contributed by atoms with van der Waals surface area (Å²) in [6.07, 6.45) is 0.777. The third-order valence-corrected chi connectivity index (χ3v) is 4.81. The van der Waals surface area contributed by atoms with E-state index in [-0.39, 0.29) is 12.1 Å². The first kappa shape index (κ1) is 16.0. The van der Waals surface area contributed by atoms with Crippen molar-refractivity contribution in [1.29, 1.82) is 0 Å². The highest BCUT2D eigenvalue weighted by molar-refractivity contribution is 5.70. The molecule has 2 bridgehead atoms. The number of nitrogens with one attached hydrogen (secondary N) is 1. The molecule has 6 nitrogen and oxygen atoms in total. The standard InChI is InChI=1S/C19H24N4O2/c1-19(2,3)25-18(24)23-12-14-9-15(23)11-22(14)17-10-16(20-21-17)13-7-5-4-6-8-13/h4-8,10,14-15H,9,11-12H2,1-3H3,(H,20,21). The van der Waals surface area contributed by atoms with Gasteiger partial charge in [-0.15, -0.1) is 0 Å². The van der Waals surface area contributed by atoms with E-state index in [2.05, 4.69) is 33.3 Å². The second-order valence-electron chi connectivity index (χ2n) is 7.83. The number of nitrogens with zero attached hydrogens (tertiary/aromatic N) is 3. The molecule has 2 unspecified atom stereocenters. The molecule has 0 aliphatic carbocycles. The monoisotopic (exact) mass is 340 g/mol. The average Bonchev–Trinajstić information content (AvgIpc) is 3.28. The second-order valence-corrected chi connectivity index (χ2v) is 7.83. The Morgan fingerprint density at radius 2 is 1.96 bits per heavy atom. The maximum atomic E-state index is 12.3. The van der Waals surface area contributed by atoms with E-state index in [9.17, 15) is 4.79 Å². The first-order chi connectivity index (χ1) is 11.9. The van der Waals surface area contributed by atoms with Gasteiger partial charge in [-0.3, -0.25) is 5.10 Å². The Kier molecular flexibility index (Phi) is 3.71. The minimum atomic E-state index is -0.453. The molecule has 2 fully saturated rings. The Morgan fingerprint density at radius 3 is 2.60 bits per heavy atom. The van der Waals surface area contributed by atoms with Crippen molar-refractivity contribution in [3.8, 4) is 11.3 Å². The van der Waals surface area contributed by atoms with Gasteiger partial charge in [-0.1, -0.05) is 30.3 Å². The number of likely N-dealkylation sites (tertiary alicyclic amines) is 1. The van der Waals surface area contributed by atoms with E-state index < -0.39 is 5.60 Å². The molecule has 25 heavy (non-hydrogen) atoms. The number of anilines is 1. The lowest BCUT2D eigenvalue weighted by Gasteiger charge is -2.35. The summed E-state index contributed by atoms with van der Waals surface area (Å²) in [4.78, 5) is 16.5. The van der Waals surface area contributed by atoms with E-state index in [1.165, 1.54) is 0 Å². The zero-order valence-corrected chi connectivity index (χ0v) is 14.9. The van der Waals surface area contributed by atoms with Gasteiger partial charge < -0.3 is 14.5 Å². The molecule has 0 spiro atoms. The number of aromatic nitrogens is 2. The van der Waals surface area contributed by atoms with Crippen molar-refractivity contribution < 1.29 is 9.53 Å². The fourth-order valence-electron chi connectivity index (χ4n) is 3.72. The lowest BCUT2D eigenvalue weighted by atomic mass is 10.1. The van der Waals surface area contributed by atoms with E-state index in [4.69, 9.17) is 4.74 Å². The van der Waals surface area contributed by atoms with Gasteiger partial charge in [-0.2, -0.15) is 5.10 Å². The quantitative estimate of drug-likeness (QED) is 0.911. The number of carbonyl (C=O) groups is 1. The number of aromatic amines is 1. The molecule has 2 saturated heterocycles. The molecule has 1 aromatic heterocycles. The number of rotatable bonds is 2. The maximum Gasteiger partial charge on any atom is 0.410 e. The highest BCUT2D eigenvalue weighted by Crippen LogP contribution is 2.35. The number of carbonyl (C=O) groups excluding carboxylic acids is 1. The zero-order chi connectivity index (χ0) is 17.6. The Balaban J connectivity index is 1.45. The first-order valence-corrected chi connectivity index (χ1v) is 8.78. The van der Waals surface area contributed by atoms with E-state index in [0.29, 0.717) is 12.6 Å². The molecule has 1 N–H and O–H groups in total. The maximum absolute atomic E-state index is 12.3. The number of H-pyrrole nitrogens is 1. The van der Waals surface area contributed by atoms with Crippen LogP contribution in [0, 0.1) is 0 Å². The molecule has 0 saturated carbocycles. The Hall–Kier alpha value is -2.50. The van der Waals surface area contributed by atoms with Crippen molar-refractivity contribution in [3.05, 3.63) is 36.4 Å². The largest absolute Gasteiger partial charge is 0.444 e. The summed E-state index contributed by atoms with van der Waals surface area (Å²) in [6.45, 7) is 7.22. The summed E-state index contributed by atoms with van der Waals surface area (Å²) in [5, 5.41) is 7.62. The predicted molar refractivity (Wildman–Crippen MR) is 96.5 cm³/mol. The Labute approximate surface area is 147 Å². The Bertz CT molecular complexity index is 765. The van der Waals surface area contributed by atoms with Crippen molar-refractivity contribution in [2.75, 3.05) is 18.0 Å². The summed E-state index contributed by atoms with van der Waals surface area (Å²) in [6, 6.07) is 12.8. The van der Waals surface area contributed by atoms with Crippen LogP contribution >= 0.6 is 0 Å². The minimum absolute atomic E-state index is 0.202. The number of hydrogen-bond donors (Lipinski definition) is 1. The summed E-state index contributed by atoms with van der Waals surface area (Å²) < 4.78 is 5.52. The van der Waals surface area contributed by atoms with Crippen LogP contribution in [-0.4, -0.2) is 52.0 Å². The van der Waals surface area contributed by atoms with Crippen molar-refractivity contribution in [2.45, 2.75) is 44.9 Å². The van der Waals surface area contributed by atoms with Crippen LogP contribution < -0.4 is 4.90 Å². The fraction of sp³-hybridized carbons (Fsp3) is 0.474. The molecule has 2 aliphatic heterocycles. The van der Waals surface area contributed by atoms with Crippen LogP contribution in [0.4, 0.5) is 10.6 Å². The van der Waals surface area contributed by atoms with E-state index in [1.807, 2.05) is 43.9 Å². The van der Waals surface area contributed by atoms with Gasteiger partial charge in [0.25, 0.3) is 0 Å². The van der Waals surface area contributed by atoms with E-state index in [0.717, 1.165) is 30.0 Å². The first-order valence-electron chi connectivity index (χ1n) is 8.78. The highest BCUT2D eigenvalue weighted by atomic mass is 16.6. The molecule has 0 radical (unpaired) electrons. The number of fused-ring (bicyclic) bond motifs is 2.